The Bertz CT molecular complexity index is 694. The molecular formula is C25H50O7Si2. The first-order valence-corrected chi connectivity index (χ1v) is 18.5. The summed E-state index contributed by atoms with van der Waals surface area (Å²) < 4.78 is 25.3. The Morgan fingerprint density at radius 3 is 2.03 bits per heavy atom. The van der Waals surface area contributed by atoms with Crippen molar-refractivity contribution in [3.8, 4) is 0 Å². The molecule has 1 N–H and O–H groups in total. The summed E-state index contributed by atoms with van der Waals surface area (Å²) in [5, 5.41) is 9.69. The van der Waals surface area contributed by atoms with Crippen LogP contribution in [0.1, 0.15) is 80.6 Å². The maximum Gasteiger partial charge on any atom is 0.306 e. The molecule has 1 saturated heterocycles. The minimum atomic E-state index is -2.24. The number of carbonyl (C=O) groups is 2. The van der Waals surface area contributed by atoms with Gasteiger partial charge in [-0.1, -0.05) is 61.3 Å². The first-order chi connectivity index (χ1) is 15.3. The van der Waals surface area contributed by atoms with Crippen molar-refractivity contribution in [3.05, 3.63) is 0 Å². The summed E-state index contributed by atoms with van der Waals surface area (Å²) in [4.78, 5) is 24.8. The molecule has 1 aliphatic heterocycles. The number of esters is 1. The van der Waals surface area contributed by atoms with Gasteiger partial charge in [0.1, 0.15) is 11.7 Å². The molecule has 9 heteroatoms. The number of carboxylic acids is 1. The molecule has 0 aromatic heterocycles. The molecule has 0 unspecified atom stereocenters. The number of rotatable bonds is 12. The highest BCUT2D eigenvalue weighted by atomic mass is 28.4. The van der Waals surface area contributed by atoms with Crippen LogP contribution in [0.25, 0.3) is 0 Å². The number of hydrogen-bond donors (Lipinski definition) is 1. The quantitative estimate of drug-likeness (QED) is 0.189. The van der Waals surface area contributed by atoms with Crippen molar-refractivity contribution in [1.82, 2.24) is 0 Å². The molecule has 1 aliphatic rings. The van der Waals surface area contributed by atoms with Crippen LogP contribution in [0.15, 0.2) is 0 Å². The summed E-state index contributed by atoms with van der Waals surface area (Å²) in [5.74, 6) is -1.35. The number of ether oxygens (including phenoxy) is 2. The van der Waals surface area contributed by atoms with Crippen LogP contribution in [-0.2, 0) is 27.9 Å². The second-order valence-electron chi connectivity index (χ2n) is 12.8. The number of unbranched alkanes of at least 4 members (excludes halogenated alkanes) is 2. The van der Waals surface area contributed by atoms with Gasteiger partial charge >= 0.3 is 11.9 Å². The molecule has 1 fully saturated rings. The van der Waals surface area contributed by atoms with Crippen molar-refractivity contribution < 1.29 is 33.0 Å². The molecule has 0 amide bonds. The van der Waals surface area contributed by atoms with Gasteiger partial charge in [0, 0.05) is 6.42 Å². The van der Waals surface area contributed by atoms with E-state index in [9.17, 15) is 14.7 Å². The molecule has 1 rings (SSSR count). The average molecular weight is 519 g/mol. The van der Waals surface area contributed by atoms with E-state index in [1.807, 2.05) is 0 Å². The molecule has 1 heterocycles. The van der Waals surface area contributed by atoms with Crippen LogP contribution in [0.5, 0.6) is 0 Å². The van der Waals surface area contributed by atoms with Crippen molar-refractivity contribution in [3.63, 3.8) is 0 Å². The maximum atomic E-state index is 12.8. The SMILES string of the molecule is CCCCCC(=O)O[C@H]1[C@H](O[Si](C)(C)C(C)(C)C)CO[C@@]1(CO[Si](C)(C)C(C)(C)C)CC(=O)O. The third-order valence-corrected chi connectivity index (χ3v) is 16.8. The van der Waals surface area contributed by atoms with Crippen molar-refractivity contribution in [1.29, 1.82) is 0 Å². The van der Waals surface area contributed by atoms with E-state index in [4.69, 9.17) is 18.3 Å². The standard InChI is InChI=1S/C25H50O7Si2/c1-12-13-14-15-21(28)31-22-19(32-34(10,11)24(5,6)7)17-29-25(22,16-20(26)27)18-30-33(8,9)23(2,3)4/h19,22H,12-18H2,1-11H3,(H,26,27)/t19-,22+,25-/m1/s1. The van der Waals surface area contributed by atoms with Gasteiger partial charge in [0.05, 0.1) is 19.6 Å². The van der Waals surface area contributed by atoms with Crippen LogP contribution in [0.3, 0.4) is 0 Å². The Balaban J connectivity index is 3.32. The van der Waals surface area contributed by atoms with E-state index in [1.165, 1.54) is 0 Å². The lowest BCUT2D eigenvalue weighted by Crippen LogP contribution is -2.56. The molecule has 0 saturated carbocycles. The summed E-state index contributed by atoms with van der Waals surface area (Å²) in [7, 11) is -4.45. The monoisotopic (exact) mass is 518 g/mol. The molecule has 0 radical (unpaired) electrons. The van der Waals surface area contributed by atoms with Gasteiger partial charge in [0.25, 0.3) is 0 Å². The van der Waals surface area contributed by atoms with E-state index in [0.717, 1.165) is 19.3 Å². The summed E-state index contributed by atoms with van der Waals surface area (Å²) >= 11 is 0. The first-order valence-electron chi connectivity index (χ1n) is 12.6. The van der Waals surface area contributed by atoms with Gasteiger partial charge in [-0.15, -0.1) is 0 Å². The number of carbonyl (C=O) groups excluding carboxylic acids is 1. The molecule has 0 aromatic carbocycles. The minimum absolute atomic E-state index is 0.0556. The Morgan fingerprint density at radius 1 is 1.00 bits per heavy atom. The normalized spacial score (nSPS) is 24.3. The smallest absolute Gasteiger partial charge is 0.306 e. The van der Waals surface area contributed by atoms with Crippen molar-refractivity contribution in [2.45, 2.75) is 135 Å². The lowest BCUT2D eigenvalue weighted by Gasteiger charge is -2.42. The molecule has 34 heavy (non-hydrogen) atoms. The molecule has 0 aliphatic carbocycles. The summed E-state index contributed by atoms with van der Waals surface area (Å²) in [6.07, 6.45) is 1.29. The van der Waals surface area contributed by atoms with Crippen LogP contribution in [0, 0.1) is 0 Å². The zero-order chi connectivity index (χ0) is 26.6. The Hall–Kier alpha value is -0.746. The molecule has 0 spiro atoms. The van der Waals surface area contributed by atoms with Gasteiger partial charge in [0.2, 0.25) is 0 Å². The molecular weight excluding hydrogens is 468 g/mol. The lowest BCUT2D eigenvalue weighted by atomic mass is 9.92. The van der Waals surface area contributed by atoms with Crippen LogP contribution in [0.4, 0.5) is 0 Å². The third-order valence-electron chi connectivity index (χ3n) is 7.82. The van der Waals surface area contributed by atoms with Crippen LogP contribution in [-0.4, -0.2) is 64.7 Å². The Labute approximate surface area is 209 Å². The fourth-order valence-corrected chi connectivity index (χ4v) is 5.75. The first kappa shape index (κ1) is 31.3. The van der Waals surface area contributed by atoms with E-state index in [0.29, 0.717) is 6.42 Å². The van der Waals surface area contributed by atoms with Gasteiger partial charge in [-0.25, -0.2) is 0 Å². The van der Waals surface area contributed by atoms with E-state index in [2.05, 4.69) is 74.7 Å². The van der Waals surface area contributed by atoms with Crippen molar-refractivity contribution >= 4 is 28.6 Å². The molecule has 0 aromatic rings. The Kier molecular flexibility index (Phi) is 10.6. The molecule has 0 bridgehead atoms. The predicted octanol–water partition coefficient (Wildman–Crippen LogP) is 6.13. The van der Waals surface area contributed by atoms with E-state index < -0.39 is 40.4 Å². The summed E-state index contributed by atoms with van der Waals surface area (Å²) in [6, 6.07) is 0. The number of carboxylic acid groups (broad SMARTS) is 1. The van der Waals surface area contributed by atoms with Gasteiger partial charge in [-0.3, -0.25) is 9.59 Å². The van der Waals surface area contributed by atoms with Gasteiger partial charge in [0.15, 0.2) is 22.7 Å². The molecule has 7 nitrogen and oxygen atoms in total. The average Bonchev–Trinajstić information content (AvgIpc) is 2.95. The maximum absolute atomic E-state index is 12.8. The Morgan fingerprint density at radius 2 is 1.56 bits per heavy atom. The highest BCUT2D eigenvalue weighted by Crippen LogP contribution is 2.43. The van der Waals surface area contributed by atoms with Gasteiger partial charge in [-0.2, -0.15) is 0 Å². The molecule has 200 valence electrons. The second kappa shape index (κ2) is 11.5. The van der Waals surface area contributed by atoms with E-state index in [-0.39, 0.29) is 35.7 Å². The largest absolute Gasteiger partial charge is 0.481 e. The number of aliphatic carboxylic acids is 1. The zero-order valence-corrected chi connectivity index (χ0v) is 25.5. The fraction of sp³-hybridized carbons (Fsp3) is 0.920. The highest BCUT2D eigenvalue weighted by Gasteiger charge is 2.57. The van der Waals surface area contributed by atoms with Crippen LogP contribution >= 0.6 is 0 Å². The van der Waals surface area contributed by atoms with E-state index >= 15 is 0 Å². The van der Waals surface area contributed by atoms with Gasteiger partial charge in [-0.05, 0) is 42.7 Å². The molecule has 3 atom stereocenters. The minimum Gasteiger partial charge on any atom is -0.481 e. The topological polar surface area (TPSA) is 91.3 Å². The predicted molar refractivity (Wildman–Crippen MR) is 140 cm³/mol. The fourth-order valence-electron chi connectivity index (χ4n) is 3.41. The second-order valence-corrected chi connectivity index (χ2v) is 22.3. The summed E-state index contributed by atoms with van der Waals surface area (Å²) in [5.41, 5.74) is -1.28. The van der Waals surface area contributed by atoms with Crippen LogP contribution < -0.4 is 0 Å². The van der Waals surface area contributed by atoms with Gasteiger partial charge < -0.3 is 23.4 Å². The summed E-state index contributed by atoms with van der Waals surface area (Å²) in [6.45, 7) is 23.6. The highest BCUT2D eigenvalue weighted by molar-refractivity contribution is 6.74. The van der Waals surface area contributed by atoms with Crippen LogP contribution in [0.2, 0.25) is 36.3 Å². The van der Waals surface area contributed by atoms with Crippen molar-refractivity contribution in [2.24, 2.45) is 0 Å². The third kappa shape index (κ3) is 8.15. The van der Waals surface area contributed by atoms with Crippen molar-refractivity contribution in [2.75, 3.05) is 13.2 Å². The lowest BCUT2D eigenvalue weighted by molar-refractivity contribution is -0.172. The van der Waals surface area contributed by atoms with E-state index in [1.54, 1.807) is 0 Å². The zero-order valence-electron chi connectivity index (χ0n) is 23.5. The number of hydrogen-bond acceptors (Lipinski definition) is 6.